The van der Waals surface area contributed by atoms with Gasteiger partial charge in [-0.3, -0.25) is 4.79 Å². The Balaban J connectivity index is 2.14. The zero-order valence-electron chi connectivity index (χ0n) is 10.4. The predicted molar refractivity (Wildman–Crippen MR) is 76.8 cm³/mol. The number of phenolic OH excluding ortho intramolecular Hbond substituents is 1. The Morgan fingerprint density at radius 1 is 1.21 bits per heavy atom. The van der Waals surface area contributed by atoms with Gasteiger partial charge in [-0.15, -0.1) is 0 Å². The number of carbonyl (C=O) groups is 1. The van der Waals surface area contributed by atoms with Crippen molar-refractivity contribution in [2.75, 3.05) is 5.32 Å². The van der Waals surface area contributed by atoms with E-state index in [4.69, 9.17) is 28.9 Å². The molecule has 1 fully saturated rings. The number of nitrogens with one attached hydrogen (secondary N) is 1. The van der Waals surface area contributed by atoms with Crippen LogP contribution in [0.25, 0.3) is 0 Å². The Hall–Kier alpha value is -0.970. The van der Waals surface area contributed by atoms with E-state index in [0.29, 0.717) is 18.5 Å². The number of amides is 1. The van der Waals surface area contributed by atoms with Gasteiger partial charge in [-0.2, -0.15) is 0 Å². The highest BCUT2D eigenvalue weighted by Crippen LogP contribution is 2.35. The van der Waals surface area contributed by atoms with Crippen LogP contribution in [0.4, 0.5) is 5.69 Å². The van der Waals surface area contributed by atoms with Gasteiger partial charge in [0.2, 0.25) is 5.91 Å². The molecule has 0 aliphatic heterocycles. The highest BCUT2D eigenvalue weighted by Gasteiger charge is 2.35. The summed E-state index contributed by atoms with van der Waals surface area (Å²) in [6, 6.07) is 2.90. The highest BCUT2D eigenvalue weighted by atomic mass is 35.5. The van der Waals surface area contributed by atoms with Crippen LogP contribution >= 0.6 is 23.2 Å². The van der Waals surface area contributed by atoms with Crippen LogP contribution in [0.2, 0.25) is 10.0 Å². The summed E-state index contributed by atoms with van der Waals surface area (Å²) in [5, 5.41) is 12.4. The number of nitrogens with two attached hydrogens (primary N) is 1. The summed E-state index contributed by atoms with van der Waals surface area (Å²) in [7, 11) is 0. The molecule has 1 aliphatic carbocycles. The maximum absolute atomic E-state index is 12.2. The molecule has 1 aromatic rings. The Labute approximate surface area is 121 Å². The number of halogens is 2. The second-order valence-corrected chi connectivity index (χ2v) is 5.77. The molecule has 4 N–H and O–H groups in total. The molecule has 1 aliphatic rings. The van der Waals surface area contributed by atoms with E-state index in [1.165, 1.54) is 12.1 Å². The molecule has 0 radical (unpaired) electrons. The molecular weight excluding hydrogens is 287 g/mol. The normalized spacial score (nSPS) is 18.1. The molecular formula is C13H16Cl2N2O2. The van der Waals surface area contributed by atoms with Crippen LogP contribution in [-0.2, 0) is 4.79 Å². The lowest BCUT2D eigenvalue weighted by Crippen LogP contribution is -2.52. The predicted octanol–water partition coefficient (Wildman–Crippen LogP) is 3.30. The smallest absolute Gasteiger partial charge is 0.244 e. The van der Waals surface area contributed by atoms with Gasteiger partial charge in [-0.05, 0) is 25.0 Å². The summed E-state index contributed by atoms with van der Waals surface area (Å²) >= 11 is 11.6. The van der Waals surface area contributed by atoms with Crippen molar-refractivity contribution in [2.24, 2.45) is 5.73 Å². The van der Waals surface area contributed by atoms with Crippen molar-refractivity contribution in [1.82, 2.24) is 0 Å². The van der Waals surface area contributed by atoms with Crippen LogP contribution in [0.15, 0.2) is 12.1 Å². The van der Waals surface area contributed by atoms with Crippen molar-refractivity contribution >= 4 is 34.8 Å². The van der Waals surface area contributed by atoms with Crippen molar-refractivity contribution in [2.45, 2.75) is 37.6 Å². The van der Waals surface area contributed by atoms with E-state index >= 15 is 0 Å². The third-order valence-electron chi connectivity index (χ3n) is 3.47. The van der Waals surface area contributed by atoms with Gasteiger partial charge in [-0.25, -0.2) is 0 Å². The van der Waals surface area contributed by atoms with E-state index in [1.807, 2.05) is 0 Å². The summed E-state index contributed by atoms with van der Waals surface area (Å²) in [6.45, 7) is 0. The first kappa shape index (κ1) is 14.4. The summed E-state index contributed by atoms with van der Waals surface area (Å²) in [5.74, 6) is -0.425. The molecule has 104 valence electrons. The summed E-state index contributed by atoms with van der Waals surface area (Å²) in [4.78, 5) is 12.2. The first-order valence-electron chi connectivity index (χ1n) is 6.21. The molecule has 1 saturated carbocycles. The van der Waals surface area contributed by atoms with E-state index < -0.39 is 5.54 Å². The summed E-state index contributed by atoms with van der Waals surface area (Å²) < 4.78 is 0. The molecule has 19 heavy (non-hydrogen) atoms. The first-order chi connectivity index (χ1) is 8.92. The molecule has 0 atom stereocenters. The van der Waals surface area contributed by atoms with Crippen LogP contribution < -0.4 is 11.1 Å². The Morgan fingerprint density at radius 3 is 2.26 bits per heavy atom. The number of anilines is 1. The number of rotatable bonds is 2. The van der Waals surface area contributed by atoms with Crippen molar-refractivity contribution in [3.63, 3.8) is 0 Å². The Kier molecular flexibility index (Phi) is 4.23. The SMILES string of the molecule is NC1(C(=O)Nc2cc(Cl)c(O)c(Cl)c2)CCCCC1. The zero-order chi connectivity index (χ0) is 14.0. The van der Waals surface area contributed by atoms with Crippen LogP contribution in [0.3, 0.4) is 0 Å². The molecule has 0 spiro atoms. The Morgan fingerprint density at radius 2 is 1.74 bits per heavy atom. The maximum Gasteiger partial charge on any atom is 0.244 e. The van der Waals surface area contributed by atoms with Crippen LogP contribution in [0.1, 0.15) is 32.1 Å². The largest absolute Gasteiger partial charge is 0.505 e. The first-order valence-corrected chi connectivity index (χ1v) is 6.96. The van der Waals surface area contributed by atoms with E-state index in [9.17, 15) is 9.90 Å². The lowest BCUT2D eigenvalue weighted by atomic mass is 9.82. The average Bonchev–Trinajstić information content (AvgIpc) is 2.36. The number of carbonyl (C=O) groups excluding carboxylic acids is 1. The molecule has 6 heteroatoms. The summed E-state index contributed by atoms with van der Waals surface area (Å²) in [6.07, 6.45) is 4.39. The fourth-order valence-electron chi connectivity index (χ4n) is 2.30. The van der Waals surface area contributed by atoms with Crippen molar-refractivity contribution in [3.05, 3.63) is 22.2 Å². The molecule has 0 unspecified atom stereocenters. The molecule has 0 heterocycles. The quantitative estimate of drug-likeness (QED) is 0.734. The van der Waals surface area contributed by atoms with Gasteiger partial charge in [0.15, 0.2) is 5.75 Å². The monoisotopic (exact) mass is 302 g/mol. The minimum Gasteiger partial charge on any atom is -0.505 e. The molecule has 2 rings (SSSR count). The van der Waals surface area contributed by atoms with Crippen molar-refractivity contribution < 1.29 is 9.90 Å². The second kappa shape index (κ2) is 5.57. The van der Waals surface area contributed by atoms with E-state index in [-0.39, 0.29) is 21.7 Å². The van der Waals surface area contributed by atoms with E-state index in [1.54, 1.807) is 0 Å². The van der Waals surface area contributed by atoms with E-state index in [0.717, 1.165) is 19.3 Å². The lowest BCUT2D eigenvalue weighted by molar-refractivity contribution is -0.122. The standard InChI is InChI=1S/C13H16Cl2N2O2/c14-9-6-8(7-10(15)11(9)18)17-12(19)13(16)4-2-1-3-5-13/h6-7,18H,1-5,16H2,(H,17,19). The molecule has 4 nitrogen and oxygen atoms in total. The Bertz CT molecular complexity index is 476. The van der Waals surface area contributed by atoms with Crippen LogP contribution in [0, 0.1) is 0 Å². The van der Waals surface area contributed by atoms with E-state index in [2.05, 4.69) is 5.32 Å². The van der Waals surface area contributed by atoms with Gasteiger partial charge in [-0.1, -0.05) is 42.5 Å². The van der Waals surface area contributed by atoms with Crippen molar-refractivity contribution in [3.8, 4) is 5.75 Å². The van der Waals surface area contributed by atoms with Gasteiger partial charge < -0.3 is 16.2 Å². The average molecular weight is 303 g/mol. The molecule has 1 aromatic carbocycles. The second-order valence-electron chi connectivity index (χ2n) is 4.96. The molecule has 0 saturated heterocycles. The van der Waals surface area contributed by atoms with Crippen LogP contribution in [-0.4, -0.2) is 16.6 Å². The minimum absolute atomic E-state index is 0.0949. The van der Waals surface area contributed by atoms with Crippen LogP contribution in [0.5, 0.6) is 5.75 Å². The van der Waals surface area contributed by atoms with Crippen molar-refractivity contribution in [1.29, 1.82) is 0 Å². The fraction of sp³-hybridized carbons (Fsp3) is 0.462. The van der Waals surface area contributed by atoms with Gasteiger partial charge in [0.05, 0.1) is 15.6 Å². The molecule has 1 amide bonds. The third-order valence-corrected chi connectivity index (χ3v) is 4.05. The topological polar surface area (TPSA) is 75.4 Å². The number of phenols is 1. The fourth-order valence-corrected chi connectivity index (χ4v) is 2.79. The number of aromatic hydroxyl groups is 1. The van der Waals surface area contributed by atoms with Gasteiger partial charge in [0.1, 0.15) is 0 Å². The maximum atomic E-state index is 12.2. The zero-order valence-corrected chi connectivity index (χ0v) is 11.9. The number of benzene rings is 1. The van der Waals surface area contributed by atoms with Gasteiger partial charge in [0, 0.05) is 5.69 Å². The molecule has 0 bridgehead atoms. The number of hydrogen-bond donors (Lipinski definition) is 3. The minimum atomic E-state index is -0.824. The van der Waals surface area contributed by atoms with Gasteiger partial charge in [0.25, 0.3) is 0 Å². The number of hydrogen-bond acceptors (Lipinski definition) is 3. The molecule has 0 aromatic heterocycles. The summed E-state index contributed by atoms with van der Waals surface area (Å²) in [5.41, 5.74) is 5.74. The lowest BCUT2D eigenvalue weighted by Gasteiger charge is -2.31. The highest BCUT2D eigenvalue weighted by molar-refractivity contribution is 6.37. The third kappa shape index (κ3) is 3.14. The van der Waals surface area contributed by atoms with Gasteiger partial charge >= 0.3 is 0 Å².